The molecule has 5 atom stereocenters. The first-order chi connectivity index (χ1) is 38.5. The van der Waals surface area contributed by atoms with Crippen LogP contribution in [-0.4, -0.2) is 96.7 Å². The molecule has 19 heteroatoms. The lowest BCUT2D eigenvalue weighted by atomic mass is 10.0. The van der Waals surface area contributed by atoms with E-state index in [9.17, 15) is 43.2 Å². The summed E-state index contributed by atoms with van der Waals surface area (Å²) in [6.07, 6.45) is 37.5. The van der Waals surface area contributed by atoms with Gasteiger partial charge in [-0.25, -0.2) is 9.13 Å². The minimum atomic E-state index is -4.94. The first-order valence-corrected chi connectivity index (χ1v) is 35.1. The van der Waals surface area contributed by atoms with Crippen LogP contribution in [0.5, 0.6) is 0 Å². The molecule has 0 saturated heterocycles. The lowest BCUT2D eigenvalue weighted by molar-refractivity contribution is -0.161. The Morgan fingerprint density at radius 3 is 0.850 bits per heavy atom. The zero-order valence-electron chi connectivity index (χ0n) is 51.2. The van der Waals surface area contributed by atoms with Gasteiger partial charge in [0, 0.05) is 25.7 Å². The number of hydrogen-bond donors (Lipinski definition) is 3. The predicted octanol–water partition coefficient (Wildman–Crippen LogP) is 16.6. The van der Waals surface area contributed by atoms with Crippen LogP contribution in [0.3, 0.4) is 0 Å². The molecule has 0 aromatic carbocycles. The average Bonchev–Trinajstić information content (AvgIpc) is 3.42. The highest BCUT2D eigenvalue weighted by molar-refractivity contribution is 7.47. The monoisotopic (exact) mass is 1180 g/mol. The summed E-state index contributed by atoms with van der Waals surface area (Å²) >= 11 is 0. The van der Waals surface area contributed by atoms with E-state index in [2.05, 4.69) is 34.6 Å². The van der Waals surface area contributed by atoms with Gasteiger partial charge in [-0.15, -0.1) is 0 Å². The van der Waals surface area contributed by atoms with Crippen LogP contribution in [-0.2, 0) is 65.4 Å². The highest BCUT2D eigenvalue weighted by Gasteiger charge is 2.30. The normalized spacial score (nSPS) is 14.3. The Morgan fingerprint density at radius 1 is 0.338 bits per heavy atom. The van der Waals surface area contributed by atoms with Crippen molar-refractivity contribution in [1.29, 1.82) is 0 Å². The summed E-state index contributed by atoms with van der Waals surface area (Å²) in [4.78, 5) is 72.0. The van der Waals surface area contributed by atoms with Crippen molar-refractivity contribution in [1.82, 2.24) is 0 Å². The minimum absolute atomic E-state index is 0.105. The van der Waals surface area contributed by atoms with Crippen LogP contribution < -0.4 is 0 Å². The number of ether oxygens (including phenoxy) is 4. The summed E-state index contributed by atoms with van der Waals surface area (Å²) in [5, 5.41) is 10.5. The van der Waals surface area contributed by atoms with Gasteiger partial charge in [-0.2, -0.15) is 0 Å². The molecule has 80 heavy (non-hydrogen) atoms. The molecule has 2 unspecified atom stereocenters. The van der Waals surface area contributed by atoms with E-state index in [0.29, 0.717) is 25.7 Å². The van der Waals surface area contributed by atoms with Gasteiger partial charge in [0.25, 0.3) is 0 Å². The van der Waals surface area contributed by atoms with Crippen molar-refractivity contribution >= 4 is 39.5 Å². The number of aliphatic hydroxyl groups excluding tert-OH is 1. The van der Waals surface area contributed by atoms with Gasteiger partial charge in [-0.05, 0) is 31.6 Å². The summed E-state index contributed by atoms with van der Waals surface area (Å²) in [5.74, 6) is -1.40. The highest BCUT2D eigenvalue weighted by atomic mass is 31.2. The van der Waals surface area contributed by atoms with Gasteiger partial charge in [0.2, 0.25) is 0 Å². The van der Waals surface area contributed by atoms with Gasteiger partial charge < -0.3 is 33.8 Å². The van der Waals surface area contributed by atoms with E-state index in [1.54, 1.807) is 0 Å². The standard InChI is InChI=1S/C61H118O17P2/c1-6-9-12-15-18-21-26-30-35-40-45-59(64)72-51-57(78-61(66)47-42-37-32-27-22-25-28-33-38-43-54(4)5)53-76-80(69,70)74-49-55(62)48-73-79(67,68)75-52-56(77-60(65)46-41-36-31-24-20-17-14-11-8-3)50-71-58(63)44-39-34-29-23-19-16-13-10-7-2/h54-57,62H,6-53H2,1-5H3,(H,67,68)(H,69,70)/t55-,56+,57+/m0/s1. The van der Waals surface area contributed by atoms with E-state index in [-0.39, 0.29) is 25.7 Å². The van der Waals surface area contributed by atoms with Crippen molar-refractivity contribution in [2.45, 2.75) is 323 Å². The van der Waals surface area contributed by atoms with Crippen LogP contribution in [0.15, 0.2) is 0 Å². The molecule has 0 heterocycles. The SMILES string of the molecule is CCCCCCCCCCCCC(=O)OC[C@H](COP(=O)(O)OC[C@@H](O)COP(=O)(O)OC[C@@H](COC(=O)CCCCCCCCCCC)OC(=O)CCCCCCCCCCC)OC(=O)CCCCCCCCCCCC(C)C. The second kappa shape index (κ2) is 55.0. The molecule has 3 N–H and O–H groups in total. The lowest BCUT2D eigenvalue weighted by Crippen LogP contribution is -2.30. The maximum atomic E-state index is 12.9. The third kappa shape index (κ3) is 55.3. The van der Waals surface area contributed by atoms with Gasteiger partial charge in [-0.1, -0.05) is 253 Å². The van der Waals surface area contributed by atoms with Crippen LogP contribution in [0.1, 0.15) is 304 Å². The van der Waals surface area contributed by atoms with Crippen LogP contribution in [0, 0.1) is 5.92 Å². The van der Waals surface area contributed by atoms with E-state index >= 15 is 0 Å². The minimum Gasteiger partial charge on any atom is -0.462 e. The summed E-state index contributed by atoms with van der Waals surface area (Å²) in [6.45, 7) is 7.11. The molecular formula is C61H118O17P2. The number of esters is 4. The van der Waals surface area contributed by atoms with E-state index in [1.165, 1.54) is 128 Å². The molecule has 474 valence electrons. The zero-order valence-corrected chi connectivity index (χ0v) is 53.0. The third-order valence-corrected chi connectivity index (χ3v) is 15.9. The molecule has 0 rings (SSSR count). The van der Waals surface area contributed by atoms with Crippen LogP contribution in [0.25, 0.3) is 0 Å². The second-order valence-corrected chi connectivity index (χ2v) is 25.5. The predicted molar refractivity (Wildman–Crippen MR) is 317 cm³/mol. The van der Waals surface area contributed by atoms with Gasteiger partial charge >= 0.3 is 39.5 Å². The van der Waals surface area contributed by atoms with Crippen LogP contribution >= 0.6 is 15.6 Å². The summed E-state index contributed by atoms with van der Waals surface area (Å²) in [5.41, 5.74) is 0. The molecule has 17 nitrogen and oxygen atoms in total. The van der Waals surface area contributed by atoms with Crippen molar-refractivity contribution in [2.75, 3.05) is 39.6 Å². The first-order valence-electron chi connectivity index (χ1n) is 32.1. The van der Waals surface area contributed by atoms with Crippen LogP contribution in [0.2, 0.25) is 0 Å². The maximum Gasteiger partial charge on any atom is 0.472 e. The van der Waals surface area contributed by atoms with Gasteiger partial charge in [0.1, 0.15) is 19.3 Å². The fourth-order valence-electron chi connectivity index (χ4n) is 9.05. The molecule has 0 aromatic heterocycles. The largest absolute Gasteiger partial charge is 0.472 e. The molecule has 0 amide bonds. The Bertz CT molecular complexity index is 1570. The molecule has 0 radical (unpaired) electrons. The van der Waals surface area contributed by atoms with E-state index in [0.717, 1.165) is 95.8 Å². The molecule has 0 aliphatic heterocycles. The number of carbonyl (C=O) groups excluding carboxylic acids is 4. The second-order valence-electron chi connectivity index (χ2n) is 22.6. The summed E-state index contributed by atoms with van der Waals surface area (Å²) in [7, 11) is -9.87. The number of hydrogen-bond acceptors (Lipinski definition) is 15. The Hall–Kier alpha value is -1.94. The molecule has 0 spiro atoms. The molecule has 0 fully saturated rings. The number of phosphoric acid groups is 2. The van der Waals surface area contributed by atoms with Gasteiger partial charge in [-0.3, -0.25) is 37.3 Å². The van der Waals surface area contributed by atoms with Crippen molar-refractivity contribution in [3.05, 3.63) is 0 Å². The Kier molecular flexibility index (Phi) is 53.6. The van der Waals surface area contributed by atoms with Crippen molar-refractivity contribution in [2.24, 2.45) is 5.92 Å². The quantitative estimate of drug-likeness (QED) is 0.0222. The molecule has 0 aromatic rings. The van der Waals surface area contributed by atoms with Crippen molar-refractivity contribution in [3.63, 3.8) is 0 Å². The van der Waals surface area contributed by atoms with Crippen molar-refractivity contribution < 1.29 is 80.2 Å². The molecule has 0 saturated carbocycles. The van der Waals surface area contributed by atoms with Gasteiger partial charge in [0.15, 0.2) is 12.2 Å². The number of aliphatic hydroxyl groups is 1. The molecular weight excluding hydrogens is 1070 g/mol. The maximum absolute atomic E-state index is 12.9. The lowest BCUT2D eigenvalue weighted by Gasteiger charge is -2.21. The van der Waals surface area contributed by atoms with Crippen molar-refractivity contribution in [3.8, 4) is 0 Å². The van der Waals surface area contributed by atoms with E-state index in [1.807, 2.05) is 0 Å². The highest BCUT2D eigenvalue weighted by Crippen LogP contribution is 2.45. The topological polar surface area (TPSA) is 237 Å². The molecule has 0 aliphatic rings. The Labute approximate surface area is 486 Å². The number of carbonyl (C=O) groups is 4. The zero-order chi connectivity index (χ0) is 59.2. The number of rotatable bonds is 61. The number of phosphoric ester groups is 2. The fraction of sp³-hybridized carbons (Fsp3) is 0.934. The Balaban J connectivity index is 5.22. The first kappa shape index (κ1) is 78.1. The molecule has 0 bridgehead atoms. The Morgan fingerprint density at radius 2 is 0.575 bits per heavy atom. The van der Waals surface area contributed by atoms with E-state index < -0.39 is 97.5 Å². The summed E-state index contributed by atoms with van der Waals surface area (Å²) in [6, 6.07) is 0. The smallest absolute Gasteiger partial charge is 0.462 e. The average molecular weight is 1190 g/mol. The van der Waals surface area contributed by atoms with Gasteiger partial charge in [0.05, 0.1) is 26.4 Å². The molecule has 0 aliphatic carbocycles. The third-order valence-electron chi connectivity index (χ3n) is 14.0. The fourth-order valence-corrected chi connectivity index (χ4v) is 10.6. The van der Waals surface area contributed by atoms with E-state index in [4.69, 9.17) is 37.0 Å². The van der Waals surface area contributed by atoms with Crippen LogP contribution in [0.4, 0.5) is 0 Å². The number of unbranched alkanes of at least 4 members (excludes halogenated alkanes) is 33. The summed E-state index contributed by atoms with van der Waals surface area (Å²) < 4.78 is 67.8.